The topological polar surface area (TPSA) is 75.7 Å². The van der Waals surface area contributed by atoms with Gasteiger partial charge in [-0.3, -0.25) is 4.79 Å². The lowest BCUT2D eigenvalue weighted by atomic mass is 9.93. The van der Waals surface area contributed by atoms with Crippen LogP contribution in [0.25, 0.3) is 0 Å². The van der Waals surface area contributed by atoms with Crippen molar-refractivity contribution >= 4 is 15.9 Å². The maximum absolute atomic E-state index is 13.3. The van der Waals surface area contributed by atoms with Crippen LogP contribution in [0.1, 0.15) is 53.6 Å². The van der Waals surface area contributed by atoms with Gasteiger partial charge in [-0.2, -0.15) is 0 Å². The third-order valence-corrected chi connectivity index (χ3v) is 8.37. The van der Waals surface area contributed by atoms with Crippen molar-refractivity contribution < 1.29 is 17.9 Å². The van der Waals surface area contributed by atoms with E-state index in [4.69, 9.17) is 4.74 Å². The van der Waals surface area contributed by atoms with E-state index >= 15 is 0 Å². The van der Waals surface area contributed by atoms with Crippen LogP contribution in [0.15, 0.2) is 53.4 Å². The number of amides is 1. The van der Waals surface area contributed by atoms with Crippen molar-refractivity contribution in [2.75, 3.05) is 19.7 Å². The van der Waals surface area contributed by atoms with E-state index < -0.39 is 15.6 Å². The molecule has 1 spiro atoms. The molecule has 1 unspecified atom stereocenters. The minimum absolute atomic E-state index is 0.00843. The number of rotatable bonds is 4. The van der Waals surface area contributed by atoms with E-state index in [1.807, 2.05) is 17.0 Å². The molecule has 1 N–H and O–H groups in total. The molecule has 1 amide bonds. The van der Waals surface area contributed by atoms with Crippen molar-refractivity contribution in [2.24, 2.45) is 0 Å². The fraction of sp³-hybridized carbons (Fsp3) is 0.458. The second-order valence-corrected chi connectivity index (χ2v) is 10.6. The number of fused-ring (bicyclic) bond motifs is 2. The summed E-state index contributed by atoms with van der Waals surface area (Å²) < 4.78 is 34.7. The number of hydrogen-bond donors (Lipinski definition) is 1. The number of nitrogens with zero attached hydrogens (tertiary/aromatic N) is 1. The number of carbonyl (C=O) groups excluding carboxylic acids is 1. The first-order valence-electron chi connectivity index (χ1n) is 11.1. The van der Waals surface area contributed by atoms with Gasteiger partial charge in [0.15, 0.2) is 0 Å². The minimum atomic E-state index is -3.64. The molecule has 6 nitrogen and oxygen atoms in total. The van der Waals surface area contributed by atoms with Gasteiger partial charge in [0, 0.05) is 18.2 Å². The zero-order valence-electron chi connectivity index (χ0n) is 17.5. The second-order valence-electron chi connectivity index (χ2n) is 8.86. The second kappa shape index (κ2) is 8.04. The van der Waals surface area contributed by atoms with Crippen LogP contribution >= 0.6 is 0 Å². The van der Waals surface area contributed by atoms with E-state index in [9.17, 15) is 13.2 Å². The number of morpholine rings is 1. The highest BCUT2D eigenvalue weighted by Gasteiger charge is 2.44. The Morgan fingerprint density at radius 1 is 1.10 bits per heavy atom. The molecule has 1 heterocycles. The first-order valence-corrected chi connectivity index (χ1v) is 12.6. The van der Waals surface area contributed by atoms with E-state index in [0.29, 0.717) is 25.3 Å². The van der Waals surface area contributed by atoms with E-state index in [0.717, 1.165) is 38.5 Å². The summed E-state index contributed by atoms with van der Waals surface area (Å²) in [6.45, 7) is 1.46. The first kappa shape index (κ1) is 20.7. The monoisotopic (exact) mass is 440 g/mol. The molecule has 1 atom stereocenters. The van der Waals surface area contributed by atoms with Gasteiger partial charge in [0.25, 0.3) is 5.91 Å². The average Bonchev–Trinajstić information content (AvgIpc) is 3.42. The van der Waals surface area contributed by atoms with Crippen molar-refractivity contribution in [3.8, 4) is 0 Å². The highest BCUT2D eigenvalue weighted by molar-refractivity contribution is 7.89. The highest BCUT2D eigenvalue weighted by Crippen LogP contribution is 2.42. The van der Waals surface area contributed by atoms with E-state index in [1.54, 1.807) is 18.2 Å². The first-order chi connectivity index (χ1) is 15.0. The van der Waals surface area contributed by atoms with Crippen molar-refractivity contribution in [3.63, 3.8) is 0 Å². The Kier molecular flexibility index (Phi) is 5.36. The summed E-state index contributed by atoms with van der Waals surface area (Å²) in [5.74, 6) is -0.148. The zero-order valence-corrected chi connectivity index (χ0v) is 18.4. The van der Waals surface area contributed by atoms with Gasteiger partial charge in [0.2, 0.25) is 10.0 Å². The lowest BCUT2D eigenvalue weighted by molar-refractivity contribution is -0.103. The molecule has 2 aromatic rings. The SMILES string of the molecule is O=C(c1cccc(S(=O)(=O)NC2CCCC2)c1)N1CCOC2(CCc3ccccc32)C1. The van der Waals surface area contributed by atoms with Crippen molar-refractivity contribution in [2.45, 2.75) is 55.1 Å². The molecule has 5 rings (SSSR count). The molecule has 31 heavy (non-hydrogen) atoms. The number of ether oxygens (including phenoxy) is 1. The van der Waals surface area contributed by atoms with Gasteiger partial charge in [-0.1, -0.05) is 43.2 Å². The molecule has 0 bridgehead atoms. The fourth-order valence-corrected chi connectivity index (χ4v) is 6.59. The van der Waals surface area contributed by atoms with E-state index in [1.165, 1.54) is 17.2 Å². The standard InChI is InChI=1S/C24H28N2O4S/c27-23(19-7-5-10-21(16-19)31(28,29)25-20-8-2-3-9-20)26-14-15-30-24(17-26)13-12-18-6-1-4-11-22(18)24/h1,4-7,10-11,16,20,25H,2-3,8-9,12-15,17H2. The predicted octanol–water partition coefficient (Wildman–Crippen LogP) is 3.22. The summed E-state index contributed by atoms with van der Waals surface area (Å²) in [6.07, 6.45) is 5.64. The Bertz CT molecular complexity index is 1090. The van der Waals surface area contributed by atoms with Gasteiger partial charge in [0.05, 0.1) is 18.0 Å². The van der Waals surface area contributed by atoms with Crippen LogP contribution in [0, 0.1) is 0 Å². The molecule has 7 heteroatoms. The number of benzene rings is 2. The van der Waals surface area contributed by atoms with Crippen LogP contribution in [0.5, 0.6) is 0 Å². The van der Waals surface area contributed by atoms with Crippen LogP contribution in [0.3, 0.4) is 0 Å². The van der Waals surface area contributed by atoms with Crippen LogP contribution in [0.2, 0.25) is 0 Å². The summed E-state index contributed by atoms with van der Waals surface area (Å²) in [5.41, 5.74) is 2.39. The molecule has 0 aromatic heterocycles. The largest absolute Gasteiger partial charge is 0.367 e. The van der Waals surface area contributed by atoms with Crippen LogP contribution < -0.4 is 4.72 Å². The maximum atomic E-state index is 13.3. The van der Waals surface area contributed by atoms with Crippen LogP contribution in [-0.2, 0) is 26.8 Å². The van der Waals surface area contributed by atoms with Gasteiger partial charge >= 0.3 is 0 Å². The highest BCUT2D eigenvalue weighted by atomic mass is 32.2. The Labute approximate surface area is 183 Å². The number of hydrogen-bond acceptors (Lipinski definition) is 4. The van der Waals surface area contributed by atoms with Crippen molar-refractivity contribution in [3.05, 3.63) is 65.2 Å². The lowest BCUT2D eigenvalue weighted by Crippen LogP contribution is -2.51. The number of sulfonamides is 1. The lowest BCUT2D eigenvalue weighted by Gasteiger charge is -2.41. The molecule has 1 saturated carbocycles. The summed E-state index contributed by atoms with van der Waals surface area (Å²) in [6, 6.07) is 14.7. The molecule has 2 aliphatic carbocycles. The molecule has 164 valence electrons. The molecular formula is C24H28N2O4S. The van der Waals surface area contributed by atoms with Crippen molar-refractivity contribution in [1.29, 1.82) is 0 Å². The molecule has 0 radical (unpaired) electrons. The Morgan fingerprint density at radius 2 is 1.90 bits per heavy atom. The quantitative estimate of drug-likeness (QED) is 0.792. The van der Waals surface area contributed by atoms with E-state index in [2.05, 4.69) is 16.9 Å². The molecule has 2 fully saturated rings. The van der Waals surface area contributed by atoms with Gasteiger partial charge < -0.3 is 9.64 Å². The van der Waals surface area contributed by atoms with Crippen LogP contribution in [-0.4, -0.2) is 45.0 Å². The predicted molar refractivity (Wildman–Crippen MR) is 117 cm³/mol. The zero-order chi connectivity index (χ0) is 21.5. The number of carbonyl (C=O) groups is 1. The summed E-state index contributed by atoms with van der Waals surface area (Å²) in [4.78, 5) is 15.3. The number of nitrogens with one attached hydrogen (secondary N) is 1. The average molecular weight is 441 g/mol. The van der Waals surface area contributed by atoms with Crippen LogP contribution in [0.4, 0.5) is 0 Å². The molecule has 1 aliphatic heterocycles. The van der Waals surface area contributed by atoms with Crippen molar-refractivity contribution in [1.82, 2.24) is 9.62 Å². The van der Waals surface area contributed by atoms with E-state index in [-0.39, 0.29) is 16.8 Å². The molecular weight excluding hydrogens is 412 g/mol. The summed E-state index contributed by atoms with van der Waals surface area (Å²) in [7, 11) is -3.64. The maximum Gasteiger partial charge on any atom is 0.254 e. The Morgan fingerprint density at radius 3 is 2.74 bits per heavy atom. The van der Waals surface area contributed by atoms with Gasteiger partial charge in [-0.25, -0.2) is 13.1 Å². The Hall–Kier alpha value is -2.22. The molecule has 1 saturated heterocycles. The minimum Gasteiger partial charge on any atom is -0.367 e. The van der Waals surface area contributed by atoms with Gasteiger partial charge in [-0.05, 0) is 55.0 Å². The third kappa shape index (κ3) is 3.90. The van der Waals surface area contributed by atoms with Gasteiger partial charge in [-0.15, -0.1) is 0 Å². The third-order valence-electron chi connectivity index (χ3n) is 6.85. The Balaban J connectivity index is 1.36. The smallest absolute Gasteiger partial charge is 0.254 e. The number of aryl methyl sites for hydroxylation is 1. The fourth-order valence-electron chi connectivity index (χ4n) is 5.24. The summed E-state index contributed by atoms with van der Waals surface area (Å²) >= 11 is 0. The van der Waals surface area contributed by atoms with Gasteiger partial charge in [0.1, 0.15) is 5.60 Å². The summed E-state index contributed by atoms with van der Waals surface area (Å²) in [5, 5.41) is 0. The molecule has 3 aliphatic rings. The normalized spacial score (nSPS) is 23.9. The molecule has 2 aromatic carbocycles.